The van der Waals surface area contributed by atoms with Gasteiger partial charge in [0.2, 0.25) is 0 Å². The molecule has 5 rings (SSSR count). The minimum absolute atomic E-state index is 0.00174. The Morgan fingerprint density at radius 3 is 2.97 bits per heavy atom. The standard InChI is InChI=1S/C22H18N2O4S/c25-20(13-27-15-9-7-14-8-10-21(26)28-18(14)12-15)24-11-3-5-17(24)22-23-16-4-1-2-6-19(16)29-22/h1-2,4,6-10,12,17H,3,5,11,13H2. The Balaban J connectivity index is 1.31. The molecule has 4 aromatic rings. The maximum atomic E-state index is 12.8. The van der Waals surface area contributed by atoms with E-state index in [1.807, 2.05) is 23.1 Å². The predicted molar refractivity (Wildman–Crippen MR) is 111 cm³/mol. The summed E-state index contributed by atoms with van der Waals surface area (Å²) in [6.45, 7) is 0.638. The maximum absolute atomic E-state index is 12.8. The lowest BCUT2D eigenvalue weighted by Gasteiger charge is -2.23. The SMILES string of the molecule is O=C(COc1ccc2ccc(=O)oc2c1)N1CCCC1c1nc2ccccc2s1. The maximum Gasteiger partial charge on any atom is 0.336 e. The second-order valence-corrected chi connectivity index (χ2v) is 8.07. The van der Waals surface area contributed by atoms with Crippen LogP contribution in [0.5, 0.6) is 5.75 Å². The molecule has 6 nitrogen and oxygen atoms in total. The number of carbonyl (C=O) groups excluding carboxylic acids is 1. The van der Waals surface area contributed by atoms with Crippen LogP contribution in [0.3, 0.4) is 0 Å². The highest BCUT2D eigenvalue weighted by Gasteiger charge is 2.32. The molecule has 7 heteroatoms. The van der Waals surface area contributed by atoms with Gasteiger partial charge in [-0.25, -0.2) is 9.78 Å². The zero-order chi connectivity index (χ0) is 19.8. The number of aromatic nitrogens is 1. The van der Waals surface area contributed by atoms with Gasteiger partial charge in [-0.15, -0.1) is 11.3 Å². The van der Waals surface area contributed by atoms with Crippen molar-refractivity contribution in [3.63, 3.8) is 0 Å². The largest absolute Gasteiger partial charge is 0.484 e. The molecule has 1 aliphatic rings. The van der Waals surface area contributed by atoms with E-state index in [4.69, 9.17) is 14.1 Å². The van der Waals surface area contributed by atoms with Gasteiger partial charge < -0.3 is 14.1 Å². The van der Waals surface area contributed by atoms with Crippen LogP contribution >= 0.6 is 11.3 Å². The third-order valence-corrected chi connectivity index (χ3v) is 6.26. The number of rotatable bonds is 4. The number of para-hydroxylation sites is 1. The molecule has 3 heterocycles. The highest BCUT2D eigenvalue weighted by atomic mass is 32.1. The molecule has 0 radical (unpaired) electrons. The van der Waals surface area contributed by atoms with Gasteiger partial charge in [-0.2, -0.15) is 0 Å². The van der Waals surface area contributed by atoms with Gasteiger partial charge in [0.1, 0.15) is 16.3 Å². The van der Waals surface area contributed by atoms with Crippen LogP contribution < -0.4 is 10.4 Å². The molecule has 1 atom stereocenters. The molecule has 0 spiro atoms. The Bertz CT molecular complexity index is 1230. The molecule has 1 unspecified atom stereocenters. The number of amides is 1. The van der Waals surface area contributed by atoms with Crippen molar-refractivity contribution in [2.75, 3.05) is 13.2 Å². The fourth-order valence-electron chi connectivity index (χ4n) is 3.71. The summed E-state index contributed by atoms with van der Waals surface area (Å²) in [5, 5.41) is 1.78. The van der Waals surface area contributed by atoms with Gasteiger partial charge >= 0.3 is 5.63 Å². The van der Waals surface area contributed by atoms with E-state index < -0.39 is 5.63 Å². The van der Waals surface area contributed by atoms with Crippen molar-refractivity contribution in [3.05, 3.63) is 70.0 Å². The molecule has 1 amide bonds. The van der Waals surface area contributed by atoms with Crippen LogP contribution in [-0.4, -0.2) is 28.9 Å². The Kier molecular flexibility index (Phi) is 4.52. The number of likely N-dealkylation sites (tertiary alicyclic amines) is 1. The first-order valence-electron chi connectivity index (χ1n) is 9.49. The average molecular weight is 406 g/mol. The summed E-state index contributed by atoms with van der Waals surface area (Å²) in [5.41, 5.74) is 0.998. The molecule has 0 saturated carbocycles. The first-order chi connectivity index (χ1) is 14.2. The molecule has 0 N–H and O–H groups in total. The smallest absolute Gasteiger partial charge is 0.336 e. The summed E-state index contributed by atoms with van der Waals surface area (Å²) >= 11 is 1.65. The molecular weight excluding hydrogens is 388 g/mol. The number of carbonyl (C=O) groups is 1. The molecule has 29 heavy (non-hydrogen) atoms. The normalized spacial score (nSPS) is 16.6. The third kappa shape index (κ3) is 3.49. The van der Waals surface area contributed by atoms with Crippen molar-refractivity contribution in [2.24, 2.45) is 0 Å². The van der Waals surface area contributed by atoms with E-state index in [2.05, 4.69) is 6.07 Å². The fraction of sp³-hybridized carbons (Fsp3) is 0.227. The molecule has 1 aliphatic heterocycles. The highest BCUT2D eigenvalue weighted by molar-refractivity contribution is 7.18. The van der Waals surface area contributed by atoms with Crippen LogP contribution in [0.2, 0.25) is 0 Å². The van der Waals surface area contributed by atoms with E-state index in [9.17, 15) is 9.59 Å². The van der Waals surface area contributed by atoms with Crippen molar-refractivity contribution < 1.29 is 13.9 Å². The van der Waals surface area contributed by atoms with Gasteiger partial charge in [-0.3, -0.25) is 4.79 Å². The average Bonchev–Trinajstić information content (AvgIpc) is 3.38. The molecule has 1 saturated heterocycles. The van der Waals surface area contributed by atoms with Gasteiger partial charge in [-0.05, 0) is 43.2 Å². The number of ether oxygens (including phenoxy) is 1. The summed E-state index contributed by atoms with van der Waals surface area (Å²) in [6, 6.07) is 16.3. The van der Waals surface area contributed by atoms with Crippen LogP contribution in [0.15, 0.2) is 63.8 Å². The quantitative estimate of drug-likeness (QED) is 0.476. The van der Waals surface area contributed by atoms with Gasteiger partial charge in [-0.1, -0.05) is 12.1 Å². The second-order valence-electron chi connectivity index (χ2n) is 7.01. The zero-order valence-electron chi connectivity index (χ0n) is 15.5. The van der Waals surface area contributed by atoms with Gasteiger partial charge in [0.25, 0.3) is 5.91 Å². The summed E-state index contributed by atoms with van der Waals surface area (Å²) in [5.74, 6) is 0.428. The molecule has 2 aromatic carbocycles. The van der Waals surface area contributed by atoms with Crippen molar-refractivity contribution in [1.29, 1.82) is 0 Å². The van der Waals surface area contributed by atoms with E-state index in [0.717, 1.165) is 33.5 Å². The van der Waals surface area contributed by atoms with Gasteiger partial charge in [0.05, 0.1) is 16.3 Å². The number of fused-ring (bicyclic) bond motifs is 2. The van der Waals surface area contributed by atoms with Crippen LogP contribution in [0.4, 0.5) is 0 Å². The van der Waals surface area contributed by atoms with Gasteiger partial charge in [0, 0.05) is 24.1 Å². The topological polar surface area (TPSA) is 72.6 Å². The number of benzene rings is 2. The molecule has 1 fully saturated rings. The molecule has 146 valence electrons. The Morgan fingerprint density at radius 1 is 1.21 bits per heavy atom. The van der Waals surface area contributed by atoms with Crippen molar-refractivity contribution in [1.82, 2.24) is 9.88 Å². The number of nitrogens with zero attached hydrogens (tertiary/aromatic N) is 2. The first kappa shape index (κ1) is 17.9. The zero-order valence-corrected chi connectivity index (χ0v) is 16.4. The summed E-state index contributed by atoms with van der Waals surface area (Å²) in [7, 11) is 0. The number of thiazole rings is 1. The van der Waals surface area contributed by atoms with Gasteiger partial charge in [0.15, 0.2) is 6.61 Å². The number of hydrogen-bond donors (Lipinski definition) is 0. The van der Waals surface area contributed by atoms with E-state index in [1.165, 1.54) is 6.07 Å². The van der Waals surface area contributed by atoms with Crippen LogP contribution in [0, 0.1) is 0 Å². The first-order valence-corrected chi connectivity index (χ1v) is 10.3. The lowest BCUT2D eigenvalue weighted by Crippen LogP contribution is -2.34. The summed E-state index contributed by atoms with van der Waals surface area (Å²) in [4.78, 5) is 30.8. The van der Waals surface area contributed by atoms with E-state index in [-0.39, 0.29) is 18.6 Å². The molecular formula is C22H18N2O4S. The summed E-state index contributed by atoms with van der Waals surface area (Å²) in [6.07, 6.45) is 1.86. The van der Waals surface area contributed by atoms with Crippen molar-refractivity contribution in [2.45, 2.75) is 18.9 Å². The minimum Gasteiger partial charge on any atom is -0.484 e. The predicted octanol–water partition coefficient (Wildman–Crippen LogP) is 4.15. The Labute approximate surface area is 170 Å². The molecule has 2 aromatic heterocycles. The van der Waals surface area contributed by atoms with Crippen LogP contribution in [0.25, 0.3) is 21.2 Å². The Morgan fingerprint density at radius 2 is 2.07 bits per heavy atom. The van der Waals surface area contributed by atoms with Crippen molar-refractivity contribution in [3.8, 4) is 5.75 Å². The van der Waals surface area contributed by atoms with Crippen LogP contribution in [0.1, 0.15) is 23.9 Å². The van der Waals surface area contributed by atoms with E-state index in [0.29, 0.717) is 17.9 Å². The number of hydrogen-bond acceptors (Lipinski definition) is 6. The highest BCUT2D eigenvalue weighted by Crippen LogP contribution is 2.36. The van der Waals surface area contributed by atoms with E-state index >= 15 is 0 Å². The summed E-state index contributed by atoms with van der Waals surface area (Å²) < 4.78 is 12.0. The molecule has 0 aliphatic carbocycles. The molecule has 0 bridgehead atoms. The lowest BCUT2D eigenvalue weighted by atomic mass is 10.2. The van der Waals surface area contributed by atoms with Crippen LogP contribution in [-0.2, 0) is 4.79 Å². The monoisotopic (exact) mass is 406 g/mol. The van der Waals surface area contributed by atoms with Crippen molar-refractivity contribution >= 4 is 38.4 Å². The third-order valence-electron chi connectivity index (χ3n) is 5.13. The second kappa shape index (κ2) is 7.33. The fourth-order valence-corrected chi connectivity index (χ4v) is 4.83. The minimum atomic E-state index is -0.415. The van der Waals surface area contributed by atoms with E-state index in [1.54, 1.807) is 35.6 Å². The lowest BCUT2D eigenvalue weighted by molar-refractivity contribution is -0.134. The Hall–Kier alpha value is -3.19.